The maximum absolute atomic E-state index is 6.29. The van der Waals surface area contributed by atoms with Crippen molar-refractivity contribution < 1.29 is 0 Å². The summed E-state index contributed by atoms with van der Waals surface area (Å²) in [6, 6.07) is 31.7. The van der Waals surface area contributed by atoms with E-state index in [9.17, 15) is 0 Å². The van der Waals surface area contributed by atoms with E-state index >= 15 is 0 Å². The highest BCUT2D eigenvalue weighted by Gasteiger charge is 2.10. The van der Waals surface area contributed by atoms with Crippen molar-refractivity contribution in [2.45, 2.75) is 0 Å². The van der Waals surface area contributed by atoms with Crippen LogP contribution in [0.5, 0.6) is 0 Å². The van der Waals surface area contributed by atoms with Crippen molar-refractivity contribution in [3.8, 4) is 0 Å². The number of rotatable bonds is 4. The topological polar surface area (TPSA) is 49.0 Å². The zero-order valence-corrected chi connectivity index (χ0v) is 18.5. The van der Waals surface area contributed by atoms with Crippen LogP contribution in [-0.4, -0.2) is 10.1 Å². The Morgan fingerprint density at radius 2 is 1.28 bits per heavy atom. The number of hydrogen-bond donors (Lipinski definition) is 3. The van der Waals surface area contributed by atoms with Gasteiger partial charge in [-0.05, 0) is 72.9 Å². The summed E-state index contributed by atoms with van der Waals surface area (Å²) in [5.41, 5.74) is 5.60. The number of hydrogen-bond acceptors (Lipinski definition) is 3. The molecule has 0 amide bonds. The molecular formula is C26H19ClN4S. The average molecular weight is 455 g/mol. The van der Waals surface area contributed by atoms with Crippen LogP contribution in [-0.2, 0) is 0 Å². The second kappa shape index (κ2) is 8.83. The van der Waals surface area contributed by atoms with Crippen LogP contribution >= 0.6 is 23.8 Å². The predicted molar refractivity (Wildman–Crippen MR) is 140 cm³/mol. The van der Waals surface area contributed by atoms with Crippen molar-refractivity contribution in [1.29, 1.82) is 0 Å². The number of benzene rings is 4. The summed E-state index contributed by atoms with van der Waals surface area (Å²) >= 11 is 11.7. The van der Waals surface area contributed by atoms with Crippen molar-refractivity contribution in [2.24, 2.45) is 0 Å². The van der Waals surface area contributed by atoms with Gasteiger partial charge < -0.3 is 16.0 Å². The van der Waals surface area contributed by atoms with E-state index in [-0.39, 0.29) is 0 Å². The molecule has 0 radical (unpaired) electrons. The maximum Gasteiger partial charge on any atom is 0.175 e. The van der Waals surface area contributed by atoms with E-state index in [0.717, 1.165) is 44.6 Å². The number of anilines is 4. The number of fused-ring (bicyclic) bond motifs is 2. The molecular weight excluding hydrogens is 436 g/mol. The lowest BCUT2D eigenvalue weighted by Gasteiger charge is -2.15. The minimum atomic E-state index is 0.540. The molecule has 5 rings (SSSR count). The second-order valence-corrected chi connectivity index (χ2v) is 8.16. The Labute approximate surface area is 196 Å². The monoisotopic (exact) mass is 454 g/mol. The zero-order valence-electron chi connectivity index (χ0n) is 17.0. The lowest BCUT2D eigenvalue weighted by molar-refractivity contribution is 1.48. The summed E-state index contributed by atoms with van der Waals surface area (Å²) in [5, 5.41) is 13.2. The van der Waals surface area contributed by atoms with Crippen LogP contribution in [0.1, 0.15) is 0 Å². The van der Waals surface area contributed by atoms with Gasteiger partial charge in [0.05, 0.1) is 16.7 Å². The molecule has 0 bridgehead atoms. The van der Waals surface area contributed by atoms with Gasteiger partial charge in [0.2, 0.25) is 0 Å². The normalized spacial score (nSPS) is 10.8. The molecule has 0 saturated heterocycles. The molecule has 6 heteroatoms. The van der Waals surface area contributed by atoms with Crippen LogP contribution in [0.2, 0.25) is 5.02 Å². The van der Waals surface area contributed by atoms with Gasteiger partial charge in [-0.3, -0.25) is 0 Å². The average Bonchev–Trinajstić information content (AvgIpc) is 2.81. The Morgan fingerprint density at radius 1 is 0.656 bits per heavy atom. The fourth-order valence-corrected chi connectivity index (χ4v) is 4.00. The molecule has 0 fully saturated rings. The zero-order chi connectivity index (χ0) is 21.9. The van der Waals surface area contributed by atoms with Gasteiger partial charge >= 0.3 is 0 Å². The van der Waals surface area contributed by atoms with Gasteiger partial charge in [-0.25, -0.2) is 4.98 Å². The minimum Gasteiger partial charge on any atom is -0.354 e. The van der Waals surface area contributed by atoms with E-state index in [1.807, 2.05) is 91.0 Å². The van der Waals surface area contributed by atoms with Gasteiger partial charge in [0, 0.05) is 32.9 Å². The van der Waals surface area contributed by atoms with Crippen molar-refractivity contribution >= 4 is 73.5 Å². The van der Waals surface area contributed by atoms with E-state index in [1.54, 1.807) is 0 Å². The summed E-state index contributed by atoms with van der Waals surface area (Å²) in [4.78, 5) is 4.77. The van der Waals surface area contributed by atoms with Crippen LogP contribution in [0.3, 0.4) is 0 Å². The van der Waals surface area contributed by atoms with Gasteiger partial charge in [0.1, 0.15) is 0 Å². The second-order valence-electron chi connectivity index (χ2n) is 7.31. The van der Waals surface area contributed by atoms with Crippen LogP contribution in [0.25, 0.3) is 21.8 Å². The Bertz CT molecular complexity index is 1420. The van der Waals surface area contributed by atoms with Crippen molar-refractivity contribution in [3.05, 3.63) is 102 Å². The lowest BCUT2D eigenvalue weighted by Crippen LogP contribution is -2.18. The van der Waals surface area contributed by atoms with Gasteiger partial charge in [0.25, 0.3) is 0 Å². The molecule has 5 aromatic rings. The Morgan fingerprint density at radius 3 is 2.06 bits per heavy atom. The number of para-hydroxylation sites is 2. The van der Waals surface area contributed by atoms with Crippen molar-refractivity contribution in [3.63, 3.8) is 0 Å². The first kappa shape index (κ1) is 20.2. The summed E-state index contributed by atoms with van der Waals surface area (Å²) in [5.74, 6) is 0. The predicted octanol–water partition coefficient (Wildman–Crippen LogP) is 7.59. The summed E-state index contributed by atoms with van der Waals surface area (Å²) in [6.45, 7) is 0. The fourth-order valence-electron chi connectivity index (χ4n) is 3.59. The van der Waals surface area contributed by atoms with Gasteiger partial charge in [-0.2, -0.15) is 0 Å². The molecule has 0 aliphatic heterocycles. The van der Waals surface area contributed by atoms with Crippen molar-refractivity contribution in [1.82, 2.24) is 4.98 Å². The number of halogens is 1. The van der Waals surface area contributed by atoms with Crippen LogP contribution in [0, 0.1) is 0 Å². The van der Waals surface area contributed by atoms with E-state index in [1.165, 1.54) is 0 Å². The standard InChI is InChI=1S/C26H19ClN4S/c27-17-10-15-24-22(16-17)25(21-8-4-5-9-23(21)31-24)28-19-11-13-20(14-12-19)30-26(32)29-18-6-2-1-3-7-18/h1-16H,(H,28,31)(H2,29,30,32). The molecule has 0 saturated carbocycles. The molecule has 0 aliphatic carbocycles. The maximum atomic E-state index is 6.29. The quantitative estimate of drug-likeness (QED) is 0.193. The molecule has 0 aliphatic rings. The van der Waals surface area contributed by atoms with E-state index in [4.69, 9.17) is 28.8 Å². The fraction of sp³-hybridized carbons (Fsp3) is 0. The summed E-state index contributed by atoms with van der Waals surface area (Å²) in [7, 11) is 0. The lowest BCUT2D eigenvalue weighted by atomic mass is 10.1. The third-order valence-electron chi connectivity index (χ3n) is 5.09. The van der Waals surface area contributed by atoms with Gasteiger partial charge in [0.15, 0.2) is 5.11 Å². The molecule has 32 heavy (non-hydrogen) atoms. The highest BCUT2D eigenvalue weighted by Crippen LogP contribution is 2.34. The highest BCUT2D eigenvalue weighted by atomic mass is 35.5. The summed E-state index contributed by atoms with van der Waals surface area (Å²) in [6.07, 6.45) is 0. The molecule has 0 unspecified atom stereocenters. The van der Waals surface area contributed by atoms with Crippen molar-refractivity contribution in [2.75, 3.05) is 16.0 Å². The molecule has 156 valence electrons. The Hall–Kier alpha value is -3.67. The summed E-state index contributed by atoms with van der Waals surface area (Å²) < 4.78 is 0. The first-order chi connectivity index (χ1) is 15.7. The highest BCUT2D eigenvalue weighted by molar-refractivity contribution is 7.80. The largest absolute Gasteiger partial charge is 0.354 e. The van der Waals surface area contributed by atoms with Crippen LogP contribution < -0.4 is 16.0 Å². The molecule has 1 heterocycles. The van der Waals surface area contributed by atoms with Gasteiger partial charge in [-0.1, -0.05) is 48.0 Å². The molecule has 1 aromatic heterocycles. The third-order valence-corrected chi connectivity index (χ3v) is 5.53. The van der Waals surface area contributed by atoms with E-state index < -0.39 is 0 Å². The SMILES string of the molecule is S=C(Nc1ccccc1)Nc1ccc(Nc2c3ccccc3nc3ccc(Cl)cc23)cc1. The third kappa shape index (κ3) is 4.35. The minimum absolute atomic E-state index is 0.540. The number of pyridine rings is 1. The van der Waals surface area contributed by atoms with Gasteiger partial charge in [-0.15, -0.1) is 0 Å². The number of aromatic nitrogens is 1. The molecule has 4 aromatic carbocycles. The number of thiocarbonyl (C=S) groups is 1. The molecule has 4 nitrogen and oxygen atoms in total. The van der Waals surface area contributed by atoms with Crippen LogP contribution in [0.15, 0.2) is 97.1 Å². The first-order valence-corrected chi connectivity index (χ1v) is 10.9. The number of nitrogens with zero attached hydrogens (tertiary/aromatic N) is 1. The number of nitrogens with one attached hydrogen (secondary N) is 3. The van der Waals surface area contributed by atoms with Crippen LogP contribution in [0.4, 0.5) is 22.7 Å². The van der Waals surface area contributed by atoms with E-state index in [2.05, 4.69) is 22.0 Å². The molecule has 0 atom stereocenters. The first-order valence-electron chi connectivity index (χ1n) is 10.1. The molecule has 3 N–H and O–H groups in total. The Kier molecular flexibility index (Phi) is 5.58. The van der Waals surface area contributed by atoms with E-state index in [0.29, 0.717) is 10.1 Å². The molecule has 0 spiro atoms. The Balaban J connectivity index is 1.40. The smallest absolute Gasteiger partial charge is 0.175 e.